The molecule has 0 saturated heterocycles. The number of carbonyl (C=O) groups is 1. The first kappa shape index (κ1) is 15.3. The summed E-state index contributed by atoms with van der Waals surface area (Å²) in [6.07, 6.45) is 1.88. The minimum Gasteiger partial charge on any atom is -0.399 e. The van der Waals surface area contributed by atoms with Gasteiger partial charge < -0.3 is 5.73 Å². The molecular weight excluding hydrogens is 262 g/mol. The fourth-order valence-corrected chi connectivity index (χ4v) is 2.47. The third-order valence-electron chi connectivity index (χ3n) is 3.81. The summed E-state index contributed by atoms with van der Waals surface area (Å²) in [6, 6.07) is 9.76. The van der Waals surface area contributed by atoms with Gasteiger partial charge in [-0.3, -0.25) is 9.48 Å². The lowest BCUT2D eigenvalue weighted by Crippen LogP contribution is -2.10. The van der Waals surface area contributed by atoms with E-state index in [1.54, 1.807) is 0 Å². The predicted octanol–water partition coefficient (Wildman–Crippen LogP) is 2.87. The third-order valence-corrected chi connectivity index (χ3v) is 3.81. The molecule has 1 unspecified atom stereocenters. The SMILES string of the molecule is CCc1cc(CC(=O)CC(C)c2ccc(N)cc2)n(C)n1. The van der Waals surface area contributed by atoms with Crippen LogP contribution in [0.3, 0.4) is 0 Å². The Labute approximate surface area is 126 Å². The molecule has 1 atom stereocenters. The number of aryl methyl sites for hydroxylation is 2. The summed E-state index contributed by atoms with van der Waals surface area (Å²) < 4.78 is 1.81. The molecule has 1 heterocycles. The molecule has 0 fully saturated rings. The van der Waals surface area contributed by atoms with Gasteiger partial charge in [-0.2, -0.15) is 5.10 Å². The normalized spacial score (nSPS) is 12.3. The number of Topliss-reactive ketones (excluding diaryl/α,β-unsaturated/α-hetero) is 1. The van der Waals surface area contributed by atoms with Gasteiger partial charge in [-0.25, -0.2) is 0 Å². The van der Waals surface area contributed by atoms with Gasteiger partial charge in [0.1, 0.15) is 5.78 Å². The topological polar surface area (TPSA) is 60.9 Å². The molecule has 0 aliphatic carbocycles. The summed E-state index contributed by atoms with van der Waals surface area (Å²) in [5, 5.41) is 4.38. The van der Waals surface area contributed by atoms with Crippen LogP contribution in [-0.2, 0) is 24.7 Å². The van der Waals surface area contributed by atoms with Crippen molar-refractivity contribution in [1.82, 2.24) is 9.78 Å². The maximum Gasteiger partial charge on any atom is 0.139 e. The Kier molecular flexibility index (Phi) is 4.78. The van der Waals surface area contributed by atoms with E-state index >= 15 is 0 Å². The molecule has 4 nitrogen and oxygen atoms in total. The summed E-state index contributed by atoms with van der Waals surface area (Å²) in [5.74, 6) is 0.446. The van der Waals surface area contributed by atoms with Gasteiger partial charge in [0.15, 0.2) is 0 Å². The van der Waals surface area contributed by atoms with E-state index in [9.17, 15) is 4.79 Å². The van der Waals surface area contributed by atoms with E-state index in [0.717, 1.165) is 29.1 Å². The molecule has 0 amide bonds. The van der Waals surface area contributed by atoms with Crippen LogP contribution in [0.5, 0.6) is 0 Å². The molecule has 0 spiro atoms. The number of ketones is 1. The van der Waals surface area contributed by atoms with Crippen molar-refractivity contribution >= 4 is 11.5 Å². The van der Waals surface area contributed by atoms with Crippen LogP contribution in [0.2, 0.25) is 0 Å². The molecular formula is C17H23N3O. The zero-order chi connectivity index (χ0) is 15.4. The number of hydrogen-bond acceptors (Lipinski definition) is 3. The van der Waals surface area contributed by atoms with Gasteiger partial charge in [0.25, 0.3) is 0 Å². The minimum atomic E-state index is 0.206. The maximum atomic E-state index is 12.2. The van der Waals surface area contributed by atoms with Crippen molar-refractivity contribution in [2.45, 2.75) is 39.0 Å². The monoisotopic (exact) mass is 285 g/mol. The minimum absolute atomic E-state index is 0.206. The molecule has 0 aliphatic rings. The first-order valence-corrected chi connectivity index (χ1v) is 7.38. The molecule has 0 radical (unpaired) electrons. The molecule has 2 N–H and O–H groups in total. The number of rotatable bonds is 6. The average Bonchev–Trinajstić information content (AvgIpc) is 2.80. The Morgan fingerprint density at radius 2 is 2.00 bits per heavy atom. The van der Waals surface area contributed by atoms with Crippen molar-refractivity contribution in [1.29, 1.82) is 0 Å². The van der Waals surface area contributed by atoms with Crippen LogP contribution in [0, 0.1) is 0 Å². The second-order valence-corrected chi connectivity index (χ2v) is 5.59. The number of aromatic nitrogens is 2. The van der Waals surface area contributed by atoms with Gasteiger partial charge in [-0.1, -0.05) is 26.0 Å². The molecule has 0 saturated carbocycles. The van der Waals surface area contributed by atoms with Crippen LogP contribution < -0.4 is 5.73 Å². The Bertz CT molecular complexity index is 613. The van der Waals surface area contributed by atoms with Gasteiger partial charge in [0, 0.05) is 31.3 Å². The van der Waals surface area contributed by atoms with Gasteiger partial charge in [-0.15, -0.1) is 0 Å². The molecule has 1 aromatic heterocycles. The number of hydrogen-bond donors (Lipinski definition) is 1. The number of nitrogens with zero attached hydrogens (tertiary/aromatic N) is 2. The van der Waals surface area contributed by atoms with Crippen LogP contribution in [0.4, 0.5) is 5.69 Å². The number of benzene rings is 1. The highest BCUT2D eigenvalue weighted by Crippen LogP contribution is 2.21. The summed E-state index contributed by atoms with van der Waals surface area (Å²) in [5.41, 5.74) is 9.61. The second-order valence-electron chi connectivity index (χ2n) is 5.59. The number of carbonyl (C=O) groups excluding carboxylic acids is 1. The number of nitrogens with two attached hydrogens (primary N) is 1. The Balaban J connectivity index is 1.97. The van der Waals surface area contributed by atoms with Crippen molar-refractivity contribution in [3.05, 3.63) is 47.3 Å². The molecule has 0 aliphatic heterocycles. The Morgan fingerprint density at radius 3 is 2.57 bits per heavy atom. The van der Waals surface area contributed by atoms with E-state index in [0.29, 0.717) is 12.8 Å². The Hall–Kier alpha value is -2.10. The quantitative estimate of drug-likeness (QED) is 0.830. The van der Waals surface area contributed by atoms with Gasteiger partial charge in [0.2, 0.25) is 0 Å². The van der Waals surface area contributed by atoms with E-state index in [1.807, 2.05) is 42.1 Å². The number of nitrogen functional groups attached to an aromatic ring is 1. The van der Waals surface area contributed by atoms with Crippen molar-refractivity contribution in [3.8, 4) is 0 Å². The lowest BCUT2D eigenvalue weighted by molar-refractivity contribution is -0.118. The van der Waals surface area contributed by atoms with E-state index < -0.39 is 0 Å². The molecule has 2 aromatic rings. The van der Waals surface area contributed by atoms with Crippen LogP contribution in [0.15, 0.2) is 30.3 Å². The zero-order valence-corrected chi connectivity index (χ0v) is 13.0. The van der Waals surface area contributed by atoms with Gasteiger partial charge >= 0.3 is 0 Å². The summed E-state index contributed by atoms with van der Waals surface area (Å²) in [7, 11) is 1.89. The van der Waals surface area contributed by atoms with Crippen LogP contribution >= 0.6 is 0 Å². The van der Waals surface area contributed by atoms with Crippen LogP contribution in [-0.4, -0.2) is 15.6 Å². The van der Waals surface area contributed by atoms with E-state index in [2.05, 4.69) is 18.9 Å². The second kappa shape index (κ2) is 6.57. The van der Waals surface area contributed by atoms with E-state index in [1.165, 1.54) is 0 Å². The van der Waals surface area contributed by atoms with Crippen molar-refractivity contribution in [2.75, 3.05) is 5.73 Å². The summed E-state index contributed by atoms with van der Waals surface area (Å²) in [6.45, 7) is 4.14. The highest BCUT2D eigenvalue weighted by Gasteiger charge is 2.14. The number of anilines is 1. The first-order valence-electron chi connectivity index (χ1n) is 7.38. The first-order chi connectivity index (χ1) is 9.99. The zero-order valence-electron chi connectivity index (χ0n) is 13.0. The fourth-order valence-electron chi connectivity index (χ4n) is 2.47. The van der Waals surface area contributed by atoms with Crippen LogP contribution in [0.1, 0.15) is 43.1 Å². The Morgan fingerprint density at radius 1 is 1.33 bits per heavy atom. The molecule has 21 heavy (non-hydrogen) atoms. The lowest BCUT2D eigenvalue weighted by atomic mass is 9.94. The standard InChI is InChI=1S/C17H23N3O/c1-4-15-10-16(20(3)19-15)11-17(21)9-12(2)13-5-7-14(18)8-6-13/h5-8,10,12H,4,9,11,18H2,1-3H3. The van der Waals surface area contributed by atoms with Crippen molar-refractivity contribution in [3.63, 3.8) is 0 Å². The molecule has 2 rings (SSSR count). The molecule has 112 valence electrons. The van der Waals surface area contributed by atoms with E-state index in [-0.39, 0.29) is 11.7 Å². The highest BCUT2D eigenvalue weighted by atomic mass is 16.1. The average molecular weight is 285 g/mol. The lowest BCUT2D eigenvalue weighted by Gasteiger charge is -2.11. The van der Waals surface area contributed by atoms with Gasteiger partial charge in [0.05, 0.1) is 5.69 Å². The smallest absolute Gasteiger partial charge is 0.139 e. The van der Waals surface area contributed by atoms with Gasteiger partial charge in [-0.05, 0) is 36.1 Å². The van der Waals surface area contributed by atoms with Crippen molar-refractivity contribution < 1.29 is 4.79 Å². The third kappa shape index (κ3) is 3.94. The summed E-state index contributed by atoms with van der Waals surface area (Å²) in [4.78, 5) is 12.2. The van der Waals surface area contributed by atoms with E-state index in [4.69, 9.17) is 5.73 Å². The maximum absolute atomic E-state index is 12.2. The highest BCUT2D eigenvalue weighted by molar-refractivity contribution is 5.81. The predicted molar refractivity (Wildman–Crippen MR) is 85.2 cm³/mol. The molecule has 1 aromatic carbocycles. The molecule has 0 bridgehead atoms. The summed E-state index contributed by atoms with van der Waals surface area (Å²) >= 11 is 0. The largest absolute Gasteiger partial charge is 0.399 e. The van der Waals surface area contributed by atoms with Crippen molar-refractivity contribution in [2.24, 2.45) is 7.05 Å². The molecule has 4 heteroatoms. The fraction of sp³-hybridized carbons (Fsp3) is 0.412. The van der Waals surface area contributed by atoms with Crippen LogP contribution in [0.25, 0.3) is 0 Å².